The molecule has 4 aromatic rings. The molecule has 1 N–H and O–H groups in total. The van der Waals surface area contributed by atoms with Gasteiger partial charge in [-0.05, 0) is 55.7 Å². The van der Waals surface area contributed by atoms with Crippen molar-refractivity contribution in [1.82, 2.24) is 9.97 Å². The zero-order valence-corrected chi connectivity index (χ0v) is 16.9. The number of aromatic nitrogens is 2. The summed E-state index contributed by atoms with van der Waals surface area (Å²) >= 11 is 1.54. The van der Waals surface area contributed by atoms with E-state index >= 15 is 0 Å². The first kappa shape index (κ1) is 19.4. The quantitative estimate of drug-likeness (QED) is 0.391. The first-order valence-corrected chi connectivity index (χ1v) is 9.81. The molecule has 0 aliphatic carbocycles. The number of hydrogen-bond donors (Lipinski definition) is 1. The minimum absolute atomic E-state index is 0.328. The van der Waals surface area contributed by atoms with Crippen LogP contribution in [0.5, 0.6) is 0 Å². The normalized spacial score (nSPS) is 11.8. The van der Waals surface area contributed by atoms with Gasteiger partial charge in [0.25, 0.3) is 0 Å². The number of aryl methyl sites for hydroxylation is 3. The van der Waals surface area contributed by atoms with Gasteiger partial charge in [0, 0.05) is 16.1 Å². The van der Waals surface area contributed by atoms with Gasteiger partial charge in [0.2, 0.25) is 0 Å². The lowest BCUT2D eigenvalue weighted by Gasteiger charge is -2.12. The molecule has 0 fully saturated rings. The molecule has 0 unspecified atom stereocenters. The van der Waals surface area contributed by atoms with Gasteiger partial charge >= 0.3 is 6.18 Å². The minimum atomic E-state index is -4.40. The molecule has 29 heavy (non-hydrogen) atoms. The molecule has 0 atom stereocenters. The molecule has 0 aliphatic heterocycles. The summed E-state index contributed by atoms with van der Waals surface area (Å²) in [5.74, 6) is 0.493. The predicted molar refractivity (Wildman–Crippen MR) is 112 cm³/mol. The number of fused-ring (bicyclic) bond motifs is 1. The van der Waals surface area contributed by atoms with Gasteiger partial charge in [-0.25, -0.2) is 9.97 Å². The number of anilines is 2. The second kappa shape index (κ2) is 7.15. The molecule has 2 aromatic carbocycles. The number of hydrogen-bond acceptors (Lipinski definition) is 4. The van der Waals surface area contributed by atoms with Crippen molar-refractivity contribution >= 4 is 33.1 Å². The van der Waals surface area contributed by atoms with Gasteiger partial charge in [-0.3, -0.25) is 0 Å². The van der Waals surface area contributed by atoms with E-state index in [2.05, 4.69) is 47.3 Å². The Morgan fingerprint density at radius 1 is 0.931 bits per heavy atom. The van der Waals surface area contributed by atoms with Gasteiger partial charge in [0.1, 0.15) is 17.0 Å². The van der Waals surface area contributed by atoms with Gasteiger partial charge in [-0.15, -0.1) is 11.3 Å². The van der Waals surface area contributed by atoms with E-state index in [0.29, 0.717) is 11.5 Å². The van der Waals surface area contributed by atoms with E-state index in [1.54, 1.807) is 17.4 Å². The molecule has 0 amide bonds. The molecule has 0 bridgehead atoms. The fraction of sp³-hybridized carbons (Fsp3) is 0.182. The average Bonchev–Trinajstić information content (AvgIpc) is 3.00. The standard InChI is InChI=1S/C22H18F3N3S/c1-12-7-8-15(9-13(12)2)18-14(3)29-21-19(18)20(26-11-27-21)28-17-6-4-5-16(10-17)22(23,24)25/h4-11H,1-3H3,(H,26,27,28). The first-order chi connectivity index (χ1) is 13.7. The van der Waals surface area contributed by atoms with Gasteiger partial charge in [0.05, 0.1) is 10.9 Å². The van der Waals surface area contributed by atoms with Crippen molar-refractivity contribution in [3.63, 3.8) is 0 Å². The van der Waals surface area contributed by atoms with Crippen molar-refractivity contribution in [3.8, 4) is 11.1 Å². The lowest BCUT2D eigenvalue weighted by molar-refractivity contribution is -0.137. The first-order valence-electron chi connectivity index (χ1n) is 9.00. The molecular weight excluding hydrogens is 395 g/mol. The Bertz CT molecular complexity index is 1210. The van der Waals surface area contributed by atoms with Gasteiger partial charge in [0.15, 0.2) is 0 Å². The van der Waals surface area contributed by atoms with E-state index in [9.17, 15) is 13.2 Å². The second-order valence-corrected chi connectivity index (χ2v) is 8.14. The largest absolute Gasteiger partial charge is 0.416 e. The molecule has 0 saturated heterocycles. The van der Waals surface area contributed by atoms with Crippen LogP contribution in [-0.2, 0) is 6.18 Å². The van der Waals surface area contributed by atoms with E-state index in [1.807, 2.05) is 6.92 Å². The Kier molecular flexibility index (Phi) is 4.78. The lowest BCUT2D eigenvalue weighted by Crippen LogP contribution is -2.05. The van der Waals surface area contributed by atoms with Crippen molar-refractivity contribution in [2.24, 2.45) is 0 Å². The predicted octanol–water partition coefficient (Wildman–Crippen LogP) is 7.05. The molecule has 3 nitrogen and oxygen atoms in total. The molecule has 148 valence electrons. The summed E-state index contributed by atoms with van der Waals surface area (Å²) in [5.41, 5.74) is 4.04. The topological polar surface area (TPSA) is 37.8 Å². The zero-order valence-electron chi connectivity index (χ0n) is 16.1. The van der Waals surface area contributed by atoms with Crippen molar-refractivity contribution in [1.29, 1.82) is 0 Å². The van der Waals surface area contributed by atoms with Crippen LogP contribution in [0.2, 0.25) is 0 Å². The van der Waals surface area contributed by atoms with E-state index in [0.717, 1.165) is 38.4 Å². The Morgan fingerprint density at radius 2 is 1.72 bits per heavy atom. The van der Waals surface area contributed by atoms with Crippen LogP contribution in [0, 0.1) is 20.8 Å². The average molecular weight is 413 g/mol. The number of halogens is 3. The molecule has 4 rings (SSSR count). The molecule has 2 aromatic heterocycles. The van der Waals surface area contributed by atoms with Crippen LogP contribution in [0.25, 0.3) is 21.3 Å². The maximum absolute atomic E-state index is 13.1. The highest BCUT2D eigenvalue weighted by Gasteiger charge is 2.30. The van der Waals surface area contributed by atoms with Crippen molar-refractivity contribution < 1.29 is 13.2 Å². The highest BCUT2D eigenvalue weighted by Crippen LogP contribution is 2.41. The number of rotatable bonds is 3. The smallest absolute Gasteiger partial charge is 0.340 e. The summed E-state index contributed by atoms with van der Waals surface area (Å²) in [7, 11) is 0. The highest BCUT2D eigenvalue weighted by atomic mass is 32.1. The maximum atomic E-state index is 13.1. The van der Waals surface area contributed by atoms with Crippen molar-refractivity contribution in [3.05, 3.63) is 70.4 Å². The Morgan fingerprint density at radius 3 is 2.45 bits per heavy atom. The van der Waals surface area contributed by atoms with E-state index in [1.165, 1.54) is 23.5 Å². The molecule has 0 radical (unpaired) electrons. The molecule has 7 heteroatoms. The van der Waals surface area contributed by atoms with Gasteiger partial charge < -0.3 is 5.32 Å². The highest BCUT2D eigenvalue weighted by molar-refractivity contribution is 7.19. The summed E-state index contributed by atoms with van der Waals surface area (Å²) in [4.78, 5) is 10.6. The van der Waals surface area contributed by atoms with Crippen LogP contribution in [0.3, 0.4) is 0 Å². The van der Waals surface area contributed by atoms with E-state index in [-0.39, 0.29) is 0 Å². The van der Waals surface area contributed by atoms with E-state index < -0.39 is 11.7 Å². The third kappa shape index (κ3) is 3.70. The van der Waals surface area contributed by atoms with Crippen LogP contribution in [0.15, 0.2) is 48.8 Å². The maximum Gasteiger partial charge on any atom is 0.416 e. The van der Waals surface area contributed by atoms with E-state index in [4.69, 9.17) is 0 Å². The third-order valence-corrected chi connectivity index (χ3v) is 5.93. The van der Waals surface area contributed by atoms with Crippen LogP contribution in [0.1, 0.15) is 21.6 Å². The zero-order chi connectivity index (χ0) is 20.8. The SMILES string of the molecule is Cc1ccc(-c2c(C)sc3ncnc(Nc4cccc(C(F)(F)F)c4)c23)cc1C. The van der Waals surface area contributed by atoms with Crippen LogP contribution in [-0.4, -0.2) is 9.97 Å². The number of nitrogens with zero attached hydrogens (tertiary/aromatic N) is 2. The summed E-state index contributed by atoms with van der Waals surface area (Å²) in [6.45, 7) is 6.13. The fourth-order valence-corrected chi connectivity index (χ4v) is 4.31. The summed E-state index contributed by atoms with van der Waals surface area (Å²) in [6.07, 6.45) is -2.97. The number of benzene rings is 2. The Hall–Kier alpha value is -2.93. The van der Waals surface area contributed by atoms with Crippen LogP contribution < -0.4 is 5.32 Å². The monoisotopic (exact) mass is 413 g/mol. The molecule has 0 spiro atoms. The van der Waals surface area contributed by atoms with Gasteiger partial charge in [-0.1, -0.05) is 24.3 Å². The summed E-state index contributed by atoms with van der Waals surface area (Å²) in [6, 6.07) is 11.4. The van der Waals surface area contributed by atoms with Crippen molar-refractivity contribution in [2.45, 2.75) is 26.9 Å². The number of thiophene rings is 1. The summed E-state index contributed by atoms with van der Waals surface area (Å²) < 4.78 is 39.2. The van der Waals surface area contributed by atoms with Crippen LogP contribution >= 0.6 is 11.3 Å². The molecule has 0 aliphatic rings. The van der Waals surface area contributed by atoms with Crippen molar-refractivity contribution in [2.75, 3.05) is 5.32 Å². The Balaban J connectivity index is 1.85. The molecule has 2 heterocycles. The number of alkyl halides is 3. The van der Waals surface area contributed by atoms with Crippen LogP contribution in [0.4, 0.5) is 24.7 Å². The minimum Gasteiger partial charge on any atom is -0.340 e. The molecule has 0 saturated carbocycles. The fourth-order valence-electron chi connectivity index (χ4n) is 3.29. The van der Waals surface area contributed by atoms with Gasteiger partial charge in [-0.2, -0.15) is 13.2 Å². The lowest BCUT2D eigenvalue weighted by atomic mass is 9.99. The number of nitrogens with one attached hydrogen (secondary N) is 1. The third-order valence-electron chi connectivity index (χ3n) is 4.91. The Labute approximate surface area is 170 Å². The summed E-state index contributed by atoms with van der Waals surface area (Å²) in [5, 5.41) is 3.88. The molecular formula is C22H18F3N3S. The second-order valence-electron chi connectivity index (χ2n) is 6.94.